The summed E-state index contributed by atoms with van der Waals surface area (Å²) in [5.41, 5.74) is 22.8. The lowest BCUT2D eigenvalue weighted by molar-refractivity contribution is 0.794. The molecule has 0 fully saturated rings. The highest BCUT2D eigenvalue weighted by Crippen LogP contribution is 2.63. The molecule has 1 spiro atoms. The quantitative estimate of drug-likeness (QED) is 0.155. The highest BCUT2D eigenvalue weighted by molar-refractivity contribution is 6.03. The zero-order valence-corrected chi connectivity index (χ0v) is 36.3. The van der Waals surface area contributed by atoms with E-state index in [1.165, 1.54) is 99.8 Å². The molecule has 0 bridgehead atoms. The summed E-state index contributed by atoms with van der Waals surface area (Å²) in [6.45, 7) is 0. The van der Waals surface area contributed by atoms with Crippen molar-refractivity contribution in [2.24, 2.45) is 0 Å². The number of fused-ring (bicyclic) bond motifs is 11. The number of rotatable bonds is 7. The molecule has 308 valence electrons. The monoisotopic (exact) mass is 837 g/mol. The zero-order chi connectivity index (χ0) is 43.6. The van der Waals surface area contributed by atoms with Gasteiger partial charge < -0.3 is 4.90 Å². The first kappa shape index (κ1) is 38.0. The predicted octanol–water partition coefficient (Wildman–Crippen LogP) is 17.3. The Labute approximate surface area is 386 Å². The Bertz CT molecular complexity index is 3610. The minimum Gasteiger partial charge on any atom is -0.310 e. The molecule has 0 amide bonds. The second-order valence-corrected chi connectivity index (χ2v) is 17.5. The molecule has 0 aliphatic heterocycles. The van der Waals surface area contributed by atoms with E-state index in [1.54, 1.807) is 0 Å². The summed E-state index contributed by atoms with van der Waals surface area (Å²) in [5.74, 6) is 0. The molecule has 2 aliphatic rings. The van der Waals surface area contributed by atoms with Crippen LogP contribution in [0.4, 0.5) is 17.1 Å². The second kappa shape index (κ2) is 15.3. The van der Waals surface area contributed by atoms with Crippen molar-refractivity contribution in [3.63, 3.8) is 0 Å². The molecule has 0 radical (unpaired) electrons. The summed E-state index contributed by atoms with van der Waals surface area (Å²) in [6, 6.07) is 96.4. The van der Waals surface area contributed by atoms with Gasteiger partial charge in [-0.3, -0.25) is 0 Å². The first-order chi connectivity index (χ1) is 32.8. The van der Waals surface area contributed by atoms with E-state index in [0.717, 1.165) is 17.1 Å². The van der Waals surface area contributed by atoms with Crippen LogP contribution in [0.3, 0.4) is 0 Å². The largest absolute Gasteiger partial charge is 0.310 e. The third kappa shape index (κ3) is 5.73. The highest BCUT2D eigenvalue weighted by Gasteiger charge is 2.51. The molecule has 11 aromatic carbocycles. The Hall–Kier alpha value is -8.52. The van der Waals surface area contributed by atoms with E-state index in [-0.39, 0.29) is 0 Å². The third-order valence-corrected chi connectivity index (χ3v) is 14.1. The van der Waals surface area contributed by atoms with Crippen LogP contribution in [0.1, 0.15) is 22.3 Å². The van der Waals surface area contributed by atoms with E-state index in [1.807, 2.05) is 0 Å². The van der Waals surface area contributed by atoms with Gasteiger partial charge in [-0.05, 0) is 125 Å². The first-order valence-corrected chi connectivity index (χ1v) is 22.9. The van der Waals surface area contributed by atoms with Crippen molar-refractivity contribution in [2.45, 2.75) is 5.41 Å². The van der Waals surface area contributed by atoms with Crippen LogP contribution in [0.15, 0.2) is 261 Å². The van der Waals surface area contributed by atoms with E-state index in [9.17, 15) is 0 Å². The van der Waals surface area contributed by atoms with Gasteiger partial charge in [0.15, 0.2) is 0 Å². The standard InChI is InChI=1S/C65H43N/c1-3-20-44(21-4-1)51-29-9-10-33-57(51)64-53(46-22-5-2-6-23-46)35-19-39-63(64)66(48-27-17-26-47(42-48)52-34-18-25-45-24-7-8-28-50(45)52)49-40-41-62-58(43-49)56-32-13-16-38-61(56)65(62)59-36-14-11-30-54(59)55-31-12-15-37-60(55)65/h1-43H. The minimum absolute atomic E-state index is 0.427. The van der Waals surface area contributed by atoms with E-state index in [2.05, 4.69) is 266 Å². The predicted molar refractivity (Wildman–Crippen MR) is 277 cm³/mol. The number of nitrogens with zero attached hydrogens (tertiary/aromatic N) is 1. The molecule has 66 heavy (non-hydrogen) atoms. The molecule has 0 unspecified atom stereocenters. The lowest BCUT2D eigenvalue weighted by Crippen LogP contribution is -2.25. The topological polar surface area (TPSA) is 3.24 Å². The van der Waals surface area contributed by atoms with E-state index in [4.69, 9.17) is 0 Å². The average Bonchev–Trinajstić information content (AvgIpc) is 3.86. The summed E-state index contributed by atoms with van der Waals surface area (Å²) in [6.07, 6.45) is 0. The third-order valence-electron chi connectivity index (χ3n) is 14.1. The van der Waals surface area contributed by atoms with Gasteiger partial charge in [0.2, 0.25) is 0 Å². The lowest BCUT2D eigenvalue weighted by atomic mass is 9.70. The van der Waals surface area contributed by atoms with Crippen LogP contribution >= 0.6 is 0 Å². The van der Waals surface area contributed by atoms with Crippen molar-refractivity contribution in [1.82, 2.24) is 0 Å². The zero-order valence-electron chi connectivity index (χ0n) is 36.3. The molecule has 13 rings (SSSR count). The number of benzene rings is 11. The molecule has 0 saturated carbocycles. The average molecular weight is 838 g/mol. The molecular formula is C65H43N. The second-order valence-electron chi connectivity index (χ2n) is 17.5. The maximum absolute atomic E-state index is 2.52. The fourth-order valence-electron chi connectivity index (χ4n) is 11.4. The number of hydrogen-bond acceptors (Lipinski definition) is 1. The molecular weight excluding hydrogens is 795 g/mol. The molecule has 2 aliphatic carbocycles. The Kier molecular flexibility index (Phi) is 8.82. The van der Waals surface area contributed by atoms with Crippen LogP contribution in [0.5, 0.6) is 0 Å². The first-order valence-electron chi connectivity index (χ1n) is 22.9. The van der Waals surface area contributed by atoms with Crippen LogP contribution in [0, 0.1) is 0 Å². The fraction of sp³-hybridized carbons (Fsp3) is 0.0154. The van der Waals surface area contributed by atoms with Crippen molar-refractivity contribution in [1.29, 1.82) is 0 Å². The Morgan fingerprint density at radius 1 is 0.258 bits per heavy atom. The van der Waals surface area contributed by atoms with Crippen molar-refractivity contribution in [3.05, 3.63) is 283 Å². The van der Waals surface area contributed by atoms with Crippen LogP contribution in [0.2, 0.25) is 0 Å². The van der Waals surface area contributed by atoms with Crippen LogP contribution < -0.4 is 4.90 Å². The van der Waals surface area contributed by atoms with Crippen LogP contribution in [-0.4, -0.2) is 0 Å². The lowest BCUT2D eigenvalue weighted by Gasteiger charge is -2.32. The Morgan fingerprint density at radius 2 is 0.712 bits per heavy atom. The SMILES string of the molecule is c1ccc(-c2ccccc2-c2c(-c3ccccc3)cccc2N(c2cccc(-c3cccc4ccccc34)c2)c2ccc3c(c2)-c2ccccc2C32c3ccccc3-c3ccccc32)cc1. The van der Waals surface area contributed by atoms with Gasteiger partial charge in [-0.2, -0.15) is 0 Å². The van der Waals surface area contributed by atoms with Crippen molar-refractivity contribution >= 4 is 27.8 Å². The van der Waals surface area contributed by atoms with Gasteiger partial charge in [-0.1, -0.05) is 231 Å². The molecule has 11 aromatic rings. The van der Waals surface area contributed by atoms with Crippen molar-refractivity contribution in [2.75, 3.05) is 4.90 Å². The van der Waals surface area contributed by atoms with Gasteiger partial charge in [0.05, 0.1) is 11.1 Å². The van der Waals surface area contributed by atoms with Gasteiger partial charge in [-0.15, -0.1) is 0 Å². The maximum Gasteiger partial charge on any atom is 0.0725 e. The number of anilines is 3. The van der Waals surface area contributed by atoms with Gasteiger partial charge >= 0.3 is 0 Å². The Balaban J connectivity index is 1.11. The minimum atomic E-state index is -0.427. The number of hydrogen-bond donors (Lipinski definition) is 0. The maximum atomic E-state index is 2.52. The summed E-state index contributed by atoms with van der Waals surface area (Å²) >= 11 is 0. The fourth-order valence-corrected chi connectivity index (χ4v) is 11.4. The van der Waals surface area contributed by atoms with Gasteiger partial charge in [0.1, 0.15) is 0 Å². The van der Waals surface area contributed by atoms with Crippen LogP contribution in [-0.2, 0) is 5.41 Å². The van der Waals surface area contributed by atoms with E-state index < -0.39 is 5.41 Å². The van der Waals surface area contributed by atoms with E-state index >= 15 is 0 Å². The summed E-state index contributed by atoms with van der Waals surface area (Å²) in [7, 11) is 0. The van der Waals surface area contributed by atoms with Crippen molar-refractivity contribution < 1.29 is 0 Å². The molecule has 0 atom stereocenters. The van der Waals surface area contributed by atoms with Gasteiger partial charge in [0, 0.05) is 16.9 Å². The summed E-state index contributed by atoms with van der Waals surface area (Å²) in [4.78, 5) is 2.52. The van der Waals surface area contributed by atoms with Crippen molar-refractivity contribution in [3.8, 4) is 66.8 Å². The normalized spacial score (nSPS) is 12.7. The summed E-state index contributed by atoms with van der Waals surface area (Å²) in [5, 5.41) is 2.47. The molecule has 1 nitrogen and oxygen atoms in total. The molecule has 0 saturated heterocycles. The molecule has 0 heterocycles. The highest BCUT2D eigenvalue weighted by atomic mass is 15.1. The van der Waals surface area contributed by atoms with Gasteiger partial charge in [-0.25, -0.2) is 0 Å². The van der Waals surface area contributed by atoms with E-state index in [0.29, 0.717) is 0 Å². The molecule has 1 heteroatoms. The molecule has 0 N–H and O–H groups in total. The smallest absolute Gasteiger partial charge is 0.0725 e. The molecule has 0 aromatic heterocycles. The van der Waals surface area contributed by atoms with Crippen LogP contribution in [0.25, 0.3) is 77.5 Å². The Morgan fingerprint density at radius 3 is 1.41 bits per heavy atom. The summed E-state index contributed by atoms with van der Waals surface area (Å²) < 4.78 is 0. The van der Waals surface area contributed by atoms with Gasteiger partial charge in [0.25, 0.3) is 0 Å².